The van der Waals surface area contributed by atoms with Crippen LogP contribution in [0, 0.1) is 0 Å². The second kappa shape index (κ2) is 15.5. The van der Waals surface area contributed by atoms with Crippen LogP contribution in [0.5, 0.6) is 0 Å². The van der Waals surface area contributed by atoms with Crippen LogP contribution in [-0.4, -0.2) is 103 Å². The molecule has 2 aromatic carbocycles. The van der Waals surface area contributed by atoms with Gasteiger partial charge in [-0.25, -0.2) is 4.79 Å². The lowest BCUT2D eigenvalue weighted by Crippen LogP contribution is -2.63. The maximum Gasteiger partial charge on any atom is 0.407 e. The molecular formula is C33H48N4O5. The number of hydrogen-bond acceptors (Lipinski definition) is 7. The molecular weight excluding hydrogens is 532 g/mol. The van der Waals surface area contributed by atoms with Gasteiger partial charge < -0.3 is 25.2 Å². The molecule has 0 bridgehead atoms. The first-order valence-electron chi connectivity index (χ1n) is 15.3. The van der Waals surface area contributed by atoms with Crippen molar-refractivity contribution in [1.29, 1.82) is 0 Å². The maximum atomic E-state index is 13.5. The van der Waals surface area contributed by atoms with Crippen LogP contribution in [0.25, 0.3) is 0 Å². The van der Waals surface area contributed by atoms with E-state index in [2.05, 4.69) is 44.7 Å². The summed E-state index contributed by atoms with van der Waals surface area (Å²) in [6, 6.07) is 19.2. The van der Waals surface area contributed by atoms with Crippen LogP contribution in [0.15, 0.2) is 60.7 Å². The molecule has 42 heavy (non-hydrogen) atoms. The summed E-state index contributed by atoms with van der Waals surface area (Å²) < 4.78 is 10.9. The summed E-state index contributed by atoms with van der Waals surface area (Å²) in [6.07, 6.45) is 1.37. The number of piperazine rings is 1. The minimum atomic E-state index is -0.910. The van der Waals surface area contributed by atoms with Gasteiger partial charge in [0.1, 0.15) is 12.1 Å². The molecule has 0 spiro atoms. The molecule has 0 unspecified atom stereocenters. The fraction of sp³-hybridized carbons (Fsp3) is 0.576. The Morgan fingerprint density at radius 3 is 2.38 bits per heavy atom. The van der Waals surface area contributed by atoms with E-state index >= 15 is 0 Å². The summed E-state index contributed by atoms with van der Waals surface area (Å²) in [4.78, 5) is 30.7. The largest absolute Gasteiger partial charge is 0.444 e. The van der Waals surface area contributed by atoms with E-state index in [1.165, 1.54) is 5.56 Å². The lowest BCUT2D eigenvalue weighted by molar-refractivity contribution is -0.131. The standard InChI is InChI=1S/C33H48N4O5/c1-33(2,3)35-31(39)29-22-36(17-10-15-25-11-6-4-7-12-25)18-19-37(29)23-30(38)28(21-26-13-8-5-9-14-26)34-32(40)42-27-16-20-41-24-27/h4-9,11-14,27-30,38H,10,15-24H2,1-3H3,(H,34,40)(H,35,39)/t27-,28-,29-,30+/m0/s1. The van der Waals surface area contributed by atoms with Crippen LogP contribution in [0.2, 0.25) is 0 Å². The Labute approximate surface area is 250 Å². The molecule has 2 saturated heterocycles. The molecule has 0 saturated carbocycles. The van der Waals surface area contributed by atoms with Crippen molar-refractivity contribution in [2.75, 3.05) is 45.9 Å². The van der Waals surface area contributed by atoms with Crippen molar-refractivity contribution in [3.05, 3.63) is 71.8 Å². The van der Waals surface area contributed by atoms with E-state index in [0.717, 1.165) is 31.5 Å². The fourth-order valence-corrected chi connectivity index (χ4v) is 5.61. The van der Waals surface area contributed by atoms with Crippen molar-refractivity contribution in [2.24, 2.45) is 0 Å². The number of alkyl carbamates (subject to hydrolysis) is 1. The van der Waals surface area contributed by atoms with Crippen molar-refractivity contribution in [1.82, 2.24) is 20.4 Å². The molecule has 9 heteroatoms. The Hall–Kier alpha value is -2.98. The van der Waals surface area contributed by atoms with Crippen molar-refractivity contribution < 1.29 is 24.2 Å². The van der Waals surface area contributed by atoms with Gasteiger partial charge in [0.15, 0.2) is 0 Å². The van der Waals surface area contributed by atoms with Gasteiger partial charge in [-0.2, -0.15) is 0 Å². The van der Waals surface area contributed by atoms with Crippen LogP contribution in [0.1, 0.15) is 44.7 Å². The lowest BCUT2D eigenvalue weighted by Gasteiger charge is -2.43. The number of hydrogen-bond donors (Lipinski definition) is 3. The summed E-state index contributed by atoms with van der Waals surface area (Å²) in [6.45, 7) is 10.1. The zero-order chi connectivity index (χ0) is 30.0. The van der Waals surface area contributed by atoms with Gasteiger partial charge in [0.2, 0.25) is 5.91 Å². The third kappa shape index (κ3) is 10.4. The van der Waals surface area contributed by atoms with E-state index in [-0.39, 0.29) is 24.1 Å². The molecule has 2 fully saturated rings. The molecule has 0 aromatic heterocycles. The van der Waals surface area contributed by atoms with Crippen molar-refractivity contribution in [2.45, 2.75) is 76.3 Å². The summed E-state index contributed by atoms with van der Waals surface area (Å²) in [7, 11) is 0. The molecule has 2 aliphatic heterocycles. The molecule has 230 valence electrons. The van der Waals surface area contributed by atoms with Crippen LogP contribution in [-0.2, 0) is 27.1 Å². The van der Waals surface area contributed by atoms with E-state index in [9.17, 15) is 14.7 Å². The highest BCUT2D eigenvalue weighted by Crippen LogP contribution is 2.17. The first kappa shape index (κ1) is 31.9. The smallest absolute Gasteiger partial charge is 0.407 e. The average molecular weight is 581 g/mol. The number of ether oxygens (including phenoxy) is 2. The SMILES string of the molecule is CC(C)(C)NC(=O)[C@@H]1CN(CCCc2ccccc2)CCN1C[C@@H](O)[C@H](Cc1ccccc1)NC(=O)O[C@H]1CCOC1. The number of nitrogens with zero attached hydrogens (tertiary/aromatic N) is 2. The summed E-state index contributed by atoms with van der Waals surface area (Å²) >= 11 is 0. The van der Waals surface area contributed by atoms with Gasteiger partial charge in [-0.3, -0.25) is 14.6 Å². The quantitative estimate of drug-likeness (QED) is 0.355. The molecule has 2 aromatic rings. The van der Waals surface area contributed by atoms with E-state index in [0.29, 0.717) is 39.1 Å². The first-order valence-corrected chi connectivity index (χ1v) is 15.3. The number of amides is 2. The minimum Gasteiger partial charge on any atom is -0.444 e. The van der Waals surface area contributed by atoms with Gasteiger partial charge in [0.25, 0.3) is 0 Å². The van der Waals surface area contributed by atoms with Gasteiger partial charge in [0, 0.05) is 38.1 Å². The summed E-state index contributed by atoms with van der Waals surface area (Å²) in [5.74, 6) is -0.0457. The Morgan fingerprint density at radius 2 is 1.74 bits per heavy atom. The summed E-state index contributed by atoms with van der Waals surface area (Å²) in [5.41, 5.74) is 1.94. The molecule has 0 radical (unpaired) electrons. The van der Waals surface area contributed by atoms with Crippen LogP contribution < -0.4 is 10.6 Å². The predicted octanol–water partition coefficient (Wildman–Crippen LogP) is 3.01. The third-order valence-electron chi connectivity index (χ3n) is 7.81. The molecule has 4 rings (SSSR count). The molecule has 2 aliphatic rings. The Bertz CT molecular complexity index is 1100. The number of β-amino-alcohol motifs (C(OH)–C–C–N with tert-alkyl or cyclic N) is 1. The van der Waals surface area contributed by atoms with Crippen molar-refractivity contribution >= 4 is 12.0 Å². The third-order valence-corrected chi connectivity index (χ3v) is 7.81. The zero-order valence-corrected chi connectivity index (χ0v) is 25.3. The monoisotopic (exact) mass is 580 g/mol. The zero-order valence-electron chi connectivity index (χ0n) is 25.3. The molecule has 4 atom stereocenters. The van der Waals surface area contributed by atoms with Gasteiger partial charge in [0.05, 0.1) is 25.4 Å². The average Bonchev–Trinajstić information content (AvgIpc) is 3.46. The Balaban J connectivity index is 1.41. The number of benzene rings is 2. The maximum absolute atomic E-state index is 13.5. The minimum absolute atomic E-state index is 0.0457. The molecule has 2 amide bonds. The second-order valence-corrected chi connectivity index (χ2v) is 12.5. The number of aryl methyl sites for hydroxylation is 1. The van der Waals surface area contributed by atoms with Crippen LogP contribution >= 0.6 is 0 Å². The molecule has 0 aliphatic carbocycles. The van der Waals surface area contributed by atoms with E-state index < -0.39 is 24.3 Å². The predicted molar refractivity (Wildman–Crippen MR) is 163 cm³/mol. The van der Waals surface area contributed by atoms with Gasteiger partial charge >= 0.3 is 6.09 Å². The highest BCUT2D eigenvalue weighted by molar-refractivity contribution is 5.82. The topological polar surface area (TPSA) is 103 Å². The normalized spacial score (nSPS) is 21.4. The highest BCUT2D eigenvalue weighted by atomic mass is 16.6. The number of rotatable bonds is 12. The summed E-state index contributed by atoms with van der Waals surface area (Å²) in [5, 5.41) is 17.6. The van der Waals surface area contributed by atoms with Gasteiger partial charge in [-0.15, -0.1) is 0 Å². The number of aliphatic hydroxyl groups excluding tert-OH is 1. The van der Waals surface area contributed by atoms with E-state index in [1.807, 2.05) is 57.2 Å². The fourth-order valence-electron chi connectivity index (χ4n) is 5.61. The van der Waals surface area contributed by atoms with Crippen molar-refractivity contribution in [3.63, 3.8) is 0 Å². The number of nitrogens with one attached hydrogen (secondary N) is 2. The first-order chi connectivity index (χ1) is 20.2. The van der Waals surface area contributed by atoms with Gasteiger partial charge in [-0.1, -0.05) is 60.7 Å². The van der Waals surface area contributed by atoms with Crippen molar-refractivity contribution in [3.8, 4) is 0 Å². The Morgan fingerprint density at radius 1 is 1.05 bits per heavy atom. The molecule has 3 N–H and O–H groups in total. The second-order valence-electron chi connectivity index (χ2n) is 12.5. The van der Waals surface area contributed by atoms with E-state index in [1.54, 1.807) is 0 Å². The van der Waals surface area contributed by atoms with E-state index in [4.69, 9.17) is 9.47 Å². The molecule has 9 nitrogen and oxygen atoms in total. The van der Waals surface area contributed by atoms with Crippen LogP contribution in [0.4, 0.5) is 4.79 Å². The number of aliphatic hydroxyl groups is 1. The lowest BCUT2D eigenvalue weighted by atomic mass is 9.99. The highest BCUT2D eigenvalue weighted by Gasteiger charge is 2.36. The van der Waals surface area contributed by atoms with Crippen LogP contribution in [0.3, 0.4) is 0 Å². The van der Waals surface area contributed by atoms with Gasteiger partial charge in [-0.05, 0) is 57.7 Å². The number of carbonyl (C=O) groups is 2. The Kier molecular flexibility index (Phi) is 11.8. The number of carbonyl (C=O) groups excluding carboxylic acids is 2. The molecule has 2 heterocycles.